The zero-order valence-electron chi connectivity index (χ0n) is 11.9. The van der Waals surface area contributed by atoms with E-state index in [4.69, 9.17) is 14.6 Å². The number of hydrogen-bond donors (Lipinski definition) is 1. The molecule has 0 saturated heterocycles. The number of ether oxygens (including phenoxy) is 2. The Bertz CT molecular complexity index is 426. The molecule has 1 aromatic carbocycles. The normalized spacial score (nSPS) is 10.3. The fraction of sp³-hybridized carbons (Fsp3) is 0.533. The Hall–Kier alpha value is -1.55. The highest BCUT2D eigenvalue weighted by molar-refractivity contribution is 5.97. The number of aliphatic hydroxyl groups is 1. The van der Waals surface area contributed by atoms with Crippen LogP contribution in [0.4, 0.5) is 0 Å². The zero-order valence-corrected chi connectivity index (χ0v) is 11.9. The number of hydrogen-bond acceptors (Lipinski definition) is 4. The Morgan fingerprint density at radius 2 is 2.11 bits per heavy atom. The molecule has 106 valence electrons. The fourth-order valence-electron chi connectivity index (χ4n) is 1.99. The number of ketones is 1. The summed E-state index contributed by atoms with van der Waals surface area (Å²) in [5.41, 5.74) is 1.51. The smallest absolute Gasteiger partial charge is 0.163 e. The van der Waals surface area contributed by atoms with Crippen LogP contribution < -0.4 is 9.47 Å². The monoisotopic (exact) mass is 266 g/mol. The maximum absolute atomic E-state index is 11.6. The second-order valence-corrected chi connectivity index (χ2v) is 4.35. The van der Waals surface area contributed by atoms with Crippen molar-refractivity contribution in [2.24, 2.45) is 0 Å². The van der Waals surface area contributed by atoms with Crippen molar-refractivity contribution in [2.45, 2.75) is 33.1 Å². The molecule has 0 heterocycles. The predicted octanol–water partition coefficient (Wildman–Crippen LogP) is 2.61. The lowest BCUT2D eigenvalue weighted by molar-refractivity contribution is 0.101. The third-order valence-electron chi connectivity index (χ3n) is 2.86. The van der Waals surface area contributed by atoms with Crippen LogP contribution in [0.15, 0.2) is 12.1 Å². The summed E-state index contributed by atoms with van der Waals surface area (Å²) in [5, 5.41) is 8.79. The molecule has 0 unspecified atom stereocenters. The van der Waals surface area contributed by atoms with E-state index in [1.807, 2.05) is 6.07 Å². The van der Waals surface area contributed by atoms with Gasteiger partial charge in [0.2, 0.25) is 0 Å². The summed E-state index contributed by atoms with van der Waals surface area (Å²) in [6, 6.07) is 3.54. The molecule has 4 nitrogen and oxygen atoms in total. The molecule has 0 aliphatic rings. The van der Waals surface area contributed by atoms with Crippen LogP contribution in [-0.2, 0) is 6.42 Å². The van der Waals surface area contributed by atoms with Crippen LogP contribution in [0.2, 0.25) is 0 Å². The summed E-state index contributed by atoms with van der Waals surface area (Å²) in [4.78, 5) is 11.6. The molecule has 0 aliphatic heterocycles. The van der Waals surface area contributed by atoms with Crippen molar-refractivity contribution < 1.29 is 19.4 Å². The lowest BCUT2D eigenvalue weighted by Crippen LogP contribution is -2.06. The lowest BCUT2D eigenvalue weighted by atomic mass is 10.0. The second kappa shape index (κ2) is 7.79. The topological polar surface area (TPSA) is 55.8 Å². The molecule has 0 spiro atoms. The SMILES string of the molecule is CCCc1c(OCCCO)ccc(C(C)=O)c1OC. The highest BCUT2D eigenvalue weighted by Crippen LogP contribution is 2.33. The number of aliphatic hydroxyl groups excluding tert-OH is 1. The molecule has 0 aliphatic carbocycles. The maximum atomic E-state index is 11.6. The molecule has 1 aromatic rings. The van der Waals surface area contributed by atoms with Gasteiger partial charge in [0.1, 0.15) is 11.5 Å². The van der Waals surface area contributed by atoms with Gasteiger partial charge in [0.05, 0.1) is 19.3 Å². The molecule has 0 atom stereocenters. The summed E-state index contributed by atoms with van der Waals surface area (Å²) in [7, 11) is 1.57. The quantitative estimate of drug-likeness (QED) is 0.580. The van der Waals surface area contributed by atoms with Crippen LogP contribution in [0.5, 0.6) is 11.5 Å². The van der Waals surface area contributed by atoms with Crippen molar-refractivity contribution in [3.05, 3.63) is 23.3 Å². The van der Waals surface area contributed by atoms with E-state index in [0.29, 0.717) is 24.3 Å². The first kappa shape index (κ1) is 15.5. The minimum atomic E-state index is -0.0175. The van der Waals surface area contributed by atoms with Crippen LogP contribution in [0.3, 0.4) is 0 Å². The van der Waals surface area contributed by atoms with E-state index in [1.54, 1.807) is 13.2 Å². The summed E-state index contributed by atoms with van der Waals surface area (Å²) < 4.78 is 11.0. The highest BCUT2D eigenvalue weighted by atomic mass is 16.5. The maximum Gasteiger partial charge on any atom is 0.163 e. The Morgan fingerprint density at radius 3 is 2.63 bits per heavy atom. The molecule has 19 heavy (non-hydrogen) atoms. The third-order valence-corrected chi connectivity index (χ3v) is 2.86. The number of rotatable bonds is 8. The lowest BCUT2D eigenvalue weighted by Gasteiger charge is -2.16. The first-order valence-electron chi connectivity index (χ1n) is 6.60. The fourth-order valence-corrected chi connectivity index (χ4v) is 1.99. The van der Waals surface area contributed by atoms with Crippen molar-refractivity contribution >= 4 is 5.78 Å². The van der Waals surface area contributed by atoms with Crippen molar-refractivity contribution in [3.8, 4) is 11.5 Å². The van der Waals surface area contributed by atoms with Crippen molar-refractivity contribution in [2.75, 3.05) is 20.3 Å². The molecule has 1 rings (SSSR count). The standard InChI is InChI=1S/C15H22O4/c1-4-6-13-14(19-10-5-9-16)8-7-12(11(2)17)15(13)18-3/h7-8,16H,4-6,9-10H2,1-3H3. The number of methoxy groups -OCH3 is 1. The molecule has 0 amide bonds. The molecular formula is C15H22O4. The minimum absolute atomic E-state index is 0.0175. The second-order valence-electron chi connectivity index (χ2n) is 4.35. The van der Waals surface area contributed by atoms with E-state index >= 15 is 0 Å². The van der Waals surface area contributed by atoms with Gasteiger partial charge in [0, 0.05) is 18.6 Å². The number of carbonyl (C=O) groups excluding carboxylic acids is 1. The van der Waals surface area contributed by atoms with Gasteiger partial charge in [0.25, 0.3) is 0 Å². The Kier molecular flexibility index (Phi) is 6.36. The highest BCUT2D eigenvalue weighted by Gasteiger charge is 2.17. The van der Waals surface area contributed by atoms with Crippen molar-refractivity contribution in [1.82, 2.24) is 0 Å². The van der Waals surface area contributed by atoms with Gasteiger partial charge in [-0.3, -0.25) is 4.79 Å². The summed E-state index contributed by atoms with van der Waals surface area (Å²) in [6.07, 6.45) is 2.31. The Morgan fingerprint density at radius 1 is 1.37 bits per heavy atom. The average molecular weight is 266 g/mol. The van der Waals surface area contributed by atoms with E-state index in [2.05, 4.69) is 6.92 Å². The molecule has 0 radical (unpaired) electrons. The van der Waals surface area contributed by atoms with Crippen LogP contribution in [0.1, 0.15) is 42.6 Å². The van der Waals surface area contributed by atoms with Crippen LogP contribution in [-0.4, -0.2) is 31.2 Å². The molecule has 0 fully saturated rings. The number of carbonyl (C=O) groups is 1. The molecule has 4 heteroatoms. The first-order valence-corrected chi connectivity index (χ1v) is 6.60. The van der Waals surface area contributed by atoms with Gasteiger partial charge in [-0.25, -0.2) is 0 Å². The Labute approximate surface area is 114 Å². The summed E-state index contributed by atoms with van der Waals surface area (Å²) in [5.74, 6) is 1.32. The van der Waals surface area contributed by atoms with Crippen LogP contribution in [0, 0.1) is 0 Å². The van der Waals surface area contributed by atoms with Crippen LogP contribution >= 0.6 is 0 Å². The van der Waals surface area contributed by atoms with Gasteiger partial charge in [-0.15, -0.1) is 0 Å². The van der Waals surface area contributed by atoms with E-state index < -0.39 is 0 Å². The summed E-state index contributed by atoms with van der Waals surface area (Å²) >= 11 is 0. The molecule has 1 N–H and O–H groups in total. The average Bonchev–Trinajstić information content (AvgIpc) is 2.40. The van der Waals surface area contributed by atoms with Crippen molar-refractivity contribution in [1.29, 1.82) is 0 Å². The van der Waals surface area contributed by atoms with E-state index in [9.17, 15) is 4.79 Å². The van der Waals surface area contributed by atoms with Crippen LogP contribution in [0.25, 0.3) is 0 Å². The number of benzene rings is 1. The zero-order chi connectivity index (χ0) is 14.3. The molecule has 0 aromatic heterocycles. The molecule has 0 saturated carbocycles. The van der Waals surface area contributed by atoms with Gasteiger partial charge < -0.3 is 14.6 Å². The largest absolute Gasteiger partial charge is 0.496 e. The number of Topliss-reactive ketones (excluding diaryl/α,β-unsaturated/α-hetero) is 1. The third kappa shape index (κ3) is 3.96. The molecule has 0 bridgehead atoms. The van der Waals surface area contributed by atoms with Gasteiger partial charge in [0.15, 0.2) is 5.78 Å². The van der Waals surface area contributed by atoms with Gasteiger partial charge in [-0.1, -0.05) is 13.3 Å². The van der Waals surface area contributed by atoms with E-state index in [0.717, 1.165) is 24.2 Å². The molecular weight excluding hydrogens is 244 g/mol. The van der Waals surface area contributed by atoms with E-state index in [1.165, 1.54) is 6.92 Å². The minimum Gasteiger partial charge on any atom is -0.496 e. The van der Waals surface area contributed by atoms with E-state index in [-0.39, 0.29) is 12.4 Å². The van der Waals surface area contributed by atoms with Gasteiger partial charge >= 0.3 is 0 Å². The van der Waals surface area contributed by atoms with Crippen molar-refractivity contribution in [3.63, 3.8) is 0 Å². The van der Waals surface area contributed by atoms with Gasteiger partial charge in [-0.2, -0.15) is 0 Å². The van der Waals surface area contributed by atoms with Gasteiger partial charge in [-0.05, 0) is 25.5 Å². The first-order chi connectivity index (χ1) is 9.15. The predicted molar refractivity (Wildman–Crippen MR) is 74.2 cm³/mol. The summed E-state index contributed by atoms with van der Waals surface area (Å²) in [6.45, 7) is 4.15. The Balaban J connectivity index is 3.13.